The molecule has 1 aliphatic rings. The molecule has 0 bridgehead atoms. The number of aromatic nitrogens is 2. The number of nitrogens with one attached hydrogen (secondary N) is 1. The van der Waals surface area contributed by atoms with Crippen molar-refractivity contribution in [2.45, 2.75) is 26.3 Å². The molecular weight excluding hydrogens is 416 g/mol. The van der Waals surface area contributed by atoms with Gasteiger partial charge in [-0.05, 0) is 56.7 Å². The number of rotatable bonds is 7. The minimum atomic E-state index is -3.10. The third-order valence-electron chi connectivity index (χ3n) is 5.55. The Hall–Kier alpha value is -3.07. The van der Waals surface area contributed by atoms with Crippen LogP contribution in [0.5, 0.6) is 0 Å². The molecule has 1 fully saturated rings. The van der Waals surface area contributed by atoms with E-state index >= 15 is 0 Å². The van der Waals surface area contributed by atoms with E-state index < -0.39 is 9.84 Å². The standard InChI is InChI=1S/C22H26N4O4S/c1-3-25(4-2)17-9-7-16(8-10-17)23-22(27)19-14-20(21-6-5-12-30-21)26(24-19)18-11-13-31(28,29)15-18/h5-10,12,14,18H,3-4,11,13,15H2,1-2H3,(H,23,27). The van der Waals surface area contributed by atoms with Gasteiger partial charge in [-0.1, -0.05) is 0 Å². The van der Waals surface area contributed by atoms with E-state index in [0.29, 0.717) is 23.6 Å². The highest BCUT2D eigenvalue weighted by molar-refractivity contribution is 7.91. The number of carbonyl (C=O) groups is 1. The van der Waals surface area contributed by atoms with E-state index in [1.165, 1.54) is 6.26 Å². The number of nitrogens with zero attached hydrogens (tertiary/aromatic N) is 3. The number of carbonyl (C=O) groups excluding carboxylic acids is 1. The van der Waals surface area contributed by atoms with E-state index in [2.05, 4.69) is 29.2 Å². The van der Waals surface area contributed by atoms with Crippen LogP contribution in [-0.4, -0.2) is 48.7 Å². The van der Waals surface area contributed by atoms with Gasteiger partial charge < -0.3 is 14.6 Å². The molecule has 164 valence electrons. The molecule has 0 saturated carbocycles. The molecule has 31 heavy (non-hydrogen) atoms. The summed E-state index contributed by atoms with van der Waals surface area (Å²) >= 11 is 0. The molecule has 0 radical (unpaired) electrons. The monoisotopic (exact) mass is 442 g/mol. The molecule has 0 spiro atoms. The Balaban J connectivity index is 1.58. The predicted molar refractivity (Wildman–Crippen MR) is 120 cm³/mol. The molecule has 1 aliphatic heterocycles. The minimum Gasteiger partial charge on any atom is -0.463 e. The summed E-state index contributed by atoms with van der Waals surface area (Å²) < 4.78 is 31.0. The predicted octanol–water partition coefficient (Wildman–Crippen LogP) is 3.60. The zero-order valence-corrected chi connectivity index (χ0v) is 18.4. The largest absolute Gasteiger partial charge is 0.463 e. The highest BCUT2D eigenvalue weighted by Gasteiger charge is 2.32. The van der Waals surface area contributed by atoms with Crippen LogP contribution in [0, 0.1) is 0 Å². The molecule has 2 aromatic heterocycles. The normalized spacial score (nSPS) is 17.5. The third-order valence-corrected chi connectivity index (χ3v) is 7.30. The first-order chi connectivity index (χ1) is 14.9. The molecule has 1 N–H and O–H groups in total. The maximum Gasteiger partial charge on any atom is 0.276 e. The van der Waals surface area contributed by atoms with Crippen molar-refractivity contribution in [2.24, 2.45) is 0 Å². The Morgan fingerprint density at radius 1 is 1.23 bits per heavy atom. The zero-order chi connectivity index (χ0) is 22.0. The Bertz CT molecular complexity index is 1150. The van der Waals surface area contributed by atoms with Gasteiger partial charge in [0, 0.05) is 30.5 Å². The average Bonchev–Trinajstić information content (AvgIpc) is 3.49. The molecule has 1 saturated heterocycles. The Labute approximate surface area is 181 Å². The average molecular weight is 443 g/mol. The van der Waals surface area contributed by atoms with Gasteiger partial charge in [-0.25, -0.2) is 8.42 Å². The van der Waals surface area contributed by atoms with E-state index in [9.17, 15) is 13.2 Å². The zero-order valence-electron chi connectivity index (χ0n) is 17.6. The molecule has 1 amide bonds. The number of sulfone groups is 1. The second-order valence-corrected chi connectivity index (χ2v) is 9.80. The second kappa shape index (κ2) is 8.58. The van der Waals surface area contributed by atoms with Gasteiger partial charge in [-0.2, -0.15) is 5.10 Å². The smallest absolute Gasteiger partial charge is 0.276 e. The summed E-state index contributed by atoms with van der Waals surface area (Å²) in [5.41, 5.74) is 2.56. The Kier molecular flexibility index (Phi) is 5.86. The van der Waals surface area contributed by atoms with Gasteiger partial charge in [0.25, 0.3) is 5.91 Å². The van der Waals surface area contributed by atoms with Crippen LogP contribution in [-0.2, 0) is 9.84 Å². The summed E-state index contributed by atoms with van der Waals surface area (Å²) in [5.74, 6) is 0.314. The van der Waals surface area contributed by atoms with Gasteiger partial charge in [0.05, 0.1) is 23.8 Å². The molecule has 3 heterocycles. The van der Waals surface area contributed by atoms with E-state index in [4.69, 9.17) is 4.42 Å². The molecule has 4 rings (SSSR count). The number of furan rings is 1. The third kappa shape index (κ3) is 4.51. The van der Waals surface area contributed by atoms with Crippen LogP contribution in [0.25, 0.3) is 11.5 Å². The van der Waals surface area contributed by atoms with Crippen LogP contribution in [0.1, 0.15) is 36.8 Å². The number of benzene rings is 1. The molecule has 1 aromatic carbocycles. The van der Waals surface area contributed by atoms with Crippen molar-refractivity contribution in [1.82, 2.24) is 9.78 Å². The van der Waals surface area contributed by atoms with Gasteiger partial charge in [0.2, 0.25) is 0 Å². The molecular formula is C22H26N4O4S. The summed E-state index contributed by atoms with van der Waals surface area (Å²) in [6, 6.07) is 12.5. The summed E-state index contributed by atoms with van der Waals surface area (Å²) in [7, 11) is -3.10. The lowest BCUT2D eigenvalue weighted by molar-refractivity contribution is 0.102. The highest BCUT2D eigenvalue weighted by Crippen LogP contribution is 2.30. The van der Waals surface area contributed by atoms with E-state index in [0.717, 1.165) is 18.8 Å². The fourth-order valence-electron chi connectivity index (χ4n) is 3.90. The van der Waals surface area contributed by atoms with Crippen molar-refractivity contribution in [3.05, 3.63) is 54.4 Å². The fraction of sp³-hybridized carbons (Fsp3) is 0.364. The first kappa shape index (κ1) is 21.2. The lowest BCUT2D eigenvalue weighted by atomic mass is 10.2. The molecule has 8 nitrogen and oxygen atoms in total. The Morgan fingerprint density at radius 3 is 2.55 bits per heavy atom. The molecule has 0 aliphatic carbocycles. The van der Waals surface area contributed by atoms with E-state index in [1.807, 2.05) is 24.3 Å². The van der Waals surface area contributed by atoms with Crippen LogP contribution < -0.4 is 10.2 Å². The first-order valence-electron chi connectivity index (χ1n) is 10.4. The van der Waals surface area contributed by atoms with Gasteiger partial charge in [0.1, 0.15) is 5.69 Å². The van der Waals surface area contributed by atoms with Crippen LogP contribution in [0.15, 0.2) is 53.1 Å². The van der Waals surface area contributed by atoms with Gasteiger partial charge in [-0.3, -0.25) is 9.48 Å². The highest BCUT2D eigenvalue weighted by atomic mass is 32.2. The quantitative estimate of drug-likeness (QED) is 0.600. The fourth-order valence-corrected chi connectivity index (χ4v) is 5.59. The second-order valence-electron chi connectivity index (χ2n) is 7.57. The van der Waals surface area contributed by atoms with Crippen molar-refractivity contribution in [2.75, 3.05) is 34.8 Å². The van der Waals surface area contributed by atoms with Crippen molar-refractivity contribution >= 4 is 27.1 Å². The van der Waals surface area contributed by atoms with Crippen LogP contribution in [0.4, 0.5) is 11.4 Å². The van der Waals surface area contributed by atoms with E-state index in [-0.39, 0.29) is 29.1 Å². The molecule has 1 unspecified atom stereocenters. The summed E-state index contributed by atoms with van der Waals surface area (Å²) in [6.45, 7) is 6.02. The SMILES string of the molecule is CCN(CC)c1ccc(NC(=O)c2cc(-c3ccco3)n(C3CCS(=O)(=O)C3)n2)cc1. The van der Waals surface area contributed by atoms with Crippen LogP contribution >= 0.6 is 0 Å². The summed E-state index contributed by atoms with van der Waals surface area (Å²) in [5, 5.41) is 7.33. The van der Waals surface area contributed by atoms with Gasteiger partial charge in [0.15, 0.2) is 21.3 Å². The topological polar surface area (TPSA) is 97.4 Å². The minimum absolute atomic E-state index is 0.0102. The van der Waals surface area contributed by atoms with Crippen molar-refractivity contribution in [1.29, 1.82) is 0 Å². The lowest BCUT2D eigenvalue weighted by Crippen LogP contribution is -2.21. The maximum absolute atomic E-state index is 12.9. The lowest BCUT2D eigenvalue weighted by Gasteiger charge is -2.21. The van der Waals surface area contributed by atoms with Crippen molar-refractivity contribution in [3.8, 4) is 11.5 Å². The molecule has 9 heteroatoms. The van der Waals surface area contributed by atoms with Crippen LogP contribution in [0.2, 0.25) is 0 Å². The van der Waals surface area contributed by atoms with E-state index in [1.54, 1.807) is 22.9 Å². The summed E-state index contributed by atoms with van der Waals surface area (Å²) in [4.78, 5) is 15.1. The number of hydrogen-bond donors (Lipinski definition) is 1. The van der Waals surface area contributed by atoms with Crippen molar-refractivity contribution in [3.63, 3.8) is 0 Å². The van der Waals surface area contributed by atoms with Gasteiger partial charge in [-0.15, -0.1) is 0 Å². The van der Waals surface area contributed by atoms with Crippen molar-refractivity contribution < 1.29 is 17.6 Å². The maximum atomic E-state index is 12.9. The Morgan fingerprint density at radius 2 is 1.97 bits per heavy atom. The van der Waals surface area contributed by atoms with Gasteiger partial charge >= 0.3 is 0 Å². The van der Waals surface area contributed by atoms with Crippen LogP contribution in [0.3, 0.4) is 0 Å². The number of anilines is 2. The molecule has 1 atom stereocenters. The number of amides is 1. The molecule has 3 aromatic rings. The number of hydrogen-bond acceptors (Lipinski definition) is 6. The first-order valence-corrected chi connectivity index (χ1v) is 12.2. The summed E-state index contributed by atoms with van der Waals surface area (Å²) in [6.07, 6.45) is 2.00.